The van der Waals surface area contributed by atoms with E-state index in [1.165, 1.54) is 0 Å². The van der Waals surface area contributed by atoms with Gasteiger partial charge in [0.2, 0.25) is 0 Å². The third kappa shape index (κ3) is 39.2. The number of carbonyl (C=O) groups excluding carboxylic acids is 4. The van der Waals surface area contributed by atoms with E-state index in [2.05, 4.69) is 18.9 Å². The van der Waals surface area contributed by atoms with Gasteiger partial charge in [0.15, 0.2) is 0 Å². The van der Waals surface area contributed by atoms with E-state index >= 15 is 0 Å². The standard InChI is InChI=1S/2C10H18O6.C4H6O4/c2*11-5-7-15-9(13)3-1-2-4-10(14)16-8-6-12;5-3(6)1-2-4(7)8/h2*11-12H,1-8H2;1-2H2,(H,5,6)(H,7,8). The van der Waals surface area contributed by atoms with Crippen molar-refractivity contribution in [3.8, 4) is 0 Å². The normalized spacial score (nSPS) is 9.60. The predicted octanol–water partition coefficient (Wildman–Crippen LogP) is -0.829. The maximum Gasteiger partial charge on any atom is 0.305 e. The Bertz CT molecular complexity index is 592. The molecule has 16 heteroatoms. The van der Waals surface area contributed by atoms with Gasteiger partial charge in [-0.25, -0.2) is 0 Å². The minimum Gasteiger partial charge on any atom is -0.481 e. The fraction of sp³-hybridized carbons (Fsp3) is 0.750. The predicted molar refractivity (Wildman–Crippen MR) is 134 cm³/mol. The van der Waals surface area contributed by atoms with Crippen molar-refractivity contribution in [3.05, 3.63) is 0 Å². The Hall–Kier alpha value is -3.34. The number of carbonyl (C=O) groups is 6. The van der Waals surface area contributed by atoms with Crippen LogP contribution in [0.15, 0.2) is 0 Å². The SMILES string of the molecule is O=C(CCCCC(=O)OCCO)OCCO.O=C(CCCCC(=O)OCCO)OCCO.O=C(O)CCC(=O)O. The molecule has 0 unspecified atom stereocenters. The molecule has 6 N–H and O–H groups in total. The van der Waals surface area contributed by atoms with Crippen molar-refractivity contribution in [1.82, 2.24) is 0 Å². The number of hydrogen-bond donors (Lipinski definition) is 6. The van der Waals surface area contributed by atoms with Gasteiger partial charge in [-0.05, 0) is 25.7 Å². The van der Waals surface area contributed by atoms with Crippen molar-refractivity contribution >= 4 is 35.8 Å². The molecule has 0 aromatic heterocycles. The van der Waals surface area contributed by atoms with Gasteiger partial charge in [0.1, 0.15) is 26.4 Å². The summed E-state index contributed by atoms with van der Waals surface area (Å²) in [6.07, 6.45) is 2.49. The summed E-state index contributed by atoms with van der Waals surface area (Å²) >= 11 is 0. The summed E-state index contributed by atoms with van der Waals surface area (Å²) in [5.74, 6) is -3.66. The Kier molecular flexibility index (Phi) is 32.8. The highest BCUT2D eigenvalue weighted by molar-refractivity contribution is 5.75. The van der Waals surface area contributed by atoms with E-state index in [0.29, 0.717) is 25.7 Å². The zero-order valence-electron chi connectivity index (χ0n) is 22.5. The van der Waals surface area contributed by atoms with Crippen molar-refractivity contribution < 1.29 is 78.4 Å². The molecule has 0 spiro atoms. The summed E-state index contributed by atoms with van der Waals surface area (Å²) in [5, 5.41) is 49.3. The first-order valence-corrected chi connectivity index (χ1v) is 12.5. The van der Waals surface area contributed by atoms with E-state index in [0.717, 1.165) is 0 Å². The van der Waals surface area contributed by atoms with Crippen LogP contribution in [0.2, 0.25) is 0 Å². The van der Waals surface area contributed by atoms with Gasteiger partial charge in [-0.3, -0.25) is 28.8 Å². The average molecular weight is 587 g/mol. The molecule has 16 nitrogen and oxygen atoms in total. The fourth-order valence-corrected chi connectivity index (χ4v) is 2.22. The van der Waals surface area contributed by atoms with Crippen LogP contribution in [0.4, 0.5) is 0 Å². The van der Waals surface area contributed by atoms with Crippen LogP contribution in [0.1, 0.15) is 64.2 Å². The molecule has 0 aromatic carbocycles. The largest absolute Gasteiger partial charge is 0.481 e. The molecule has 40 heavy (non-hydrogen) atoms. The Balaban J connectivity index is -0.000000543. The zero-order chi connectivity index (χ0) is 31.0. The first-order valence-electron chi connectivity index (χ1n) is 12.5. The van der Waals surface area contributed by atoms with Crippen LogP contribution in [0, 0.1) is 0 Å². The molecule has 0 aliphatic heterocycles. The molecule has 0 aromatic rings. The lowest BCUT2D eigenvalue weighted by Crippen LogP contribution is -2.10. The highest BCUT2D eigenvalue weighted by Gasteiger charge is 2.06. The Morgan fingerprint density at radius 1 is 0.375 bits per heavy atom. The van der Waals surface area contributed by atoms with Gasteiger partial charge in [0.25, 0.3) is 0 Å². The van der Waals surface area contributed by atoms with Crippen molar-refractivity contribution in [2.24, 2.45) is 0 Å². The summed E-state index contributed by atoms with van der Waals surface area (Å²) in [6.45, 7) is -0.680. The van der Waals surface area contributed by atoms with E-state index in [4.69, 9.17) is 30.6 Å². The summed E-state index contributed by atoms with van der Waals surface area (Å²) in [5.41, 5.74) is 0. The fourth-order valence-electron chi connectivity index (χ4n) is 2.22. The van der Waals surface area contributed by atoms with E-state index in [-0.39, 0.29) is 115 Å². The lowest BCUT2D eigenvalue weighted by molar-refractivity contribution is -0.146. The molecular formula is C24H42O16. The van der Waals surface area contributed by atoms with Crippen molar-refractivity contribution in [2.45, 2.75) is 64.2 Å². The third-order valence-electron chi connectivity index (χ3n) is 3.99. The smallest absolute Gasteiger partial charge is 0.305 e. The topological polar surface area (TPSA) is 261 Å². The first kappa shape index (κ1) is 41.1. The van der Waals surface area contributed by atoms with E-state index in [1.54, 1.807) is 0 Å². The van der Waals surface area contributed by atoms with Crippen LogP contribution >= 0.6 is 0 Å². The number of ether oxygens (including phenoxy) is 4. The highest BCUT2D eigenvalue weighted by atomic mass is 16.6. The third-order valence-corrected chi connectivity index (χ3v) is 3.99. The van der Waals surface area contributed by atoms with Crippen molar-refractivity contribution in [1.29, 1.82) is 0 Å². The molecule has 0 rings (SSSR count). The molecule has 0 saturated heterocycles. The molecule has 0 radical (unpaired) electrons. The Labute approximate surface area is 231 Å². The Morgan fingerprint density at radius 2 is 0.575 bits per heavy atom. The van der Waals surface area contributed by atoms with Gasteiger partial charge in [-0.2, -0.15) is 0 Å². The second kappa shape index (κ2) is 31.9. The van der Waals surface area contributed by atoms with Crippen molar-refractivity contribution in [2.75, 3.05) is 52.9 Å². The second-order valence-electron chi connectivity index (χ2n) is 7.48. The summed E-state index contributed by atoms with van der Waals surface area (Å²) in [6, 6.07) is 0. The van der Waals surface area contributed by atoms with Gasteiger partial charge in [-0.15, -0.1) is 0 Å². The van der Waals surface area contributed by atoms with E-state index in [1.807, 2.05) is 0 Å². The van der Waals surface area contributed by atoms with Gasteiger partial charge in [-0.1, -0.05) is 0 Å². The number of hydrogen-bond acceptors (Lipinski definition) is 14. The van der Waals surface area contributed by atoms with E-state index < -0.39 is 11.9 Å². The van der Waals surface area contributed by atoms with Gasteiger partial charge < -0.3 is 49.6 Å². The van der Waals surface area contributed by atoms with Crippen LogP contribution in [-0.4, -0.2) is 119 Å². The first-order chi connectivity index (χ1) is 19.0. The molecule has 0 saturated carbocycles. The lowest BCUT2D eigenvalue weighted by Gasteiger charge is -2.03. The van der Waals surface area contributed by atoms with Crippen LogP contribution in [0.25, 0.3) is 0 Å². The molecule has 0 amide bonds. The number of aliphatic hydroxyl groups is 4. The number of carboxylic acid groups (broad SMARTS) is 2. The number of unbranched alkanes of at least 4 members (excludes halogenated alkanes) is 2. The Morgan fingerprint density at radius 3 is 0.725 bits per heavy atom. The molecule has 0 aliphatic rings. The maximum atomic E-state index is 10.9. The van der Waals surface area contributed by atoms with Crippen LogP contribution < -0.4 is 0 Å². The summed E-state index contributed by atoms with van der Waals surface area (Å²) < 4.78 is 18.5. The van der Waals surface area contributed by atoms with Gasteiger partial charge in [0.05, 0.1) is 39.3 Å². The van der Waals surface area contributed by atoms with Crippen LogP contribution in [-0.2, 0) is 47.7 Å². The number of aliphatic hydroxyl groups excluding tert-OH is 4. The summed E-state index contributed by atoms with van der Waals surface area (Å²) in [4.78, 5) is 63.0. The van der Waals surface area contributed by atoms with E-state index in [9.17, 15) is 28.8 Å². The lowest BCUT2D eigenvalue weighted by atomic mass is 10.2. The average Bonchev–Trinajstić information content (AvgIpc) is 2.92. The van der Waals surface area contributed by atoms with Crippen molar-refractivity contribution in [3.63, 3.8) is 0 Å². The molecular weight excluding hydrogens is 544 g/mol. The minimum atomic E-state index is -1.08. The number of esters is 4. The van der Waals surface area contributed by atoms with Gasteiger partial charge >= 0.3 is 35.8 Å². The molecule has 0 aliphatic carbocycles. The molecule has 234 valence electrons. The number of carboxylic acids is 2. The monoisotopic (exact) mass is 586 g/mol. The van der Waals surface area contributed by atoms with Crippen LogP contribution in [0.5, 0.6) is 0 Å². The summed E-state index contributed by atoms with van der Waals surface area (Å²) in [7, 11) is 0. The molecule has 0 atom stereocenters. The number of rotatable bonds is 21. The highest BCUT2D eigenvalue weighted by Crippen LogP contribution is 2.03. The zero-order valence-corrected chi connectivity index (χ0v) is 22.5. The number of aliphatic carboxylic acids is 2. The molecule has 0 bridgehead atoms. The second-order valence-corrected chi connectivity index (χ2v) is 7.48. The van der Waals surface area contributed by atoms with Crippen LogP contribution in [0.3, 0.4) is 0 Å². The molecule has 0 fully saturated rings. The maximum absolute atomic E-state index is 10.9. The molecule has 0 heterocycles. The minimum absolute atomic E-state index is 0.0113. The quantitative estimate of drug-likeness (QED) is 0.0544. The van der Waals surface area contributed by atoms with Gasteiger partial charge in [0, 0.05) is 25.7 Å².